The summed E-state index contributed by atoms with van der Waals surface area (Å²) in [6.45, 7) is 0.272. The monoisotopic (exact) mass is 375 g/mol. The third-order valence-corrected chi connectivity index (χ3v) is 4.52. The van der Waals surface area contributed by atoms with E-state index < -0.39 is 10.8 Å². The number of halogens is 2. The van der Waals surface area contributed by atoms with Crippen LogP contribution in [0.4, 0.5) is 5.69 Å². The fraction of sp³-hybridized carbons (Fsp3) is 0.0909. The van der Waals surface area contributed by atoms with Crippen LogP contribution in [0.3, 0.4) is 0 Å². The lowest BCUT2D eigenvalue weighted by Gasteiger charge is -2.05. The predicted molar refractivity (Wildman–Crippen MR) is 79.1 cm³/mol. The Morgan fingerprint density at radius 3 is 2.95 bits per heavy atom. The number of hydrogen-bond acceptors (Lipinski definition) is 5. The quantitative estimate of drug-likeness (QED) is 0.503. The van der Waals surface area contributed by atoms with E-state index in [0.717, 1.165) is 15.5 Å². The molecular formula is C11H7BrClN3O3S. The van der Waals surface area contributed by atoms with Crippen molar-refractivity contribution in [2.75, 3.05) is 0 Å². The topological polar surface area (TPSA) is 85.1 Å². The molecule has 20 heavy (non-hydrogen) atoms. The van der Waals surface area contributed by atoms with Gasteiger partial charge in [-0.25, -0.2) is 4.98 Å². The molecule has 0 saturated heterocycles. The second kappa shape index (κ2) is 6.29. The first kappa shape index (κ1) is 14.9. The Morgan fingerprint density at radius 1 is 1.60 bits per heavy atom. The van der Waals surface area contributed by atoms with Crippen LogP contribution in [0.25, 0.3) is 0 Å². The maximum Gasteiger partial charge on any atom is 0.300 e. The average molecular weight is 377 g/mol. The fourth-order valence-electron chi connectivity index (χ4n) is 1.46. The number of carbonyl (C=O) groups excluding carboxylic acids is 1. The van der Waals surface area contributed by atoms with Crippen LogP contribution in [0.15, 0.2) is 28.2 Å². The summed E-state index contributed by atoms with van der Waals surface area (Å²) in [6.07, 6.45) is 0.971. The first-order valence-electron chi connectivity index (χ1n) is 5.29. The second-order valence-corrected chi connectivity index (χ2v) is 5.90. The minimum Gasteiger partial charge on any atom is -0.347 e. The predicted octanol–water partition coefficient (Wildman–Crippen LogP) is 3.40. The van der Waals surface area contributed by atoms with Crippen LogP contribution in [0.1, 0.15) is 15.2 Å². The number of nitrogens with one attached hydrogen (secondary N) is 1. The van der Waals surface area contributed by atoms with Gasteiger partial charge in [-0.05, 0) is 33.4 Å². The molecule has 2 aromatic rings. The van der Waals surface area contributed by atoms with Crippen LogP contribution >= 0.6 is 38.9 Å². The maximum absolute atomic E-state index is 12.0. The third kappa shape index (κ3) is 3.33. The van der Waals surface area contributed by atoms with Gasteiger partial charge in [-0.3, -0.25) is 14.9 Å². The summed E-state index contributed by atoms with van der Waals surface area (Å²) in [5, 5.41) is 15.4. The number of amides is 1. The van der Waals surface area contributed by atoms with E-state index in [9.17, 15) is 14.9 Å². The maximum atomic E-state index is 12.0. The zero-order valence-electron chi connectivity index (χ0n) is 9.80. The molecule has 0 spiro atoms. The van der Waals surface area contributed by atoms with Crippen molar-refractivity contribution in [1.29, 1.82) is 0 Å². The molecule has 0 saturated carbocycles. The normalized spacial score (nSPS) is 10.3. The van der Waals surface area contributed by atoms with Gasteiger partial charge < -0.3 is 5.32 Å². The highest BCUT2D eigenvalue weighted by molar-refractivity contribution is 9.10. The van der Waals surface area contributed by atoms with Gasteiger partial charge in [0.25, 0.3) is 11.6 Å². The lowest BCUT2D eigenvalue weighted by Crippen LogP contribution is -2.23. The molecule has 0 radical (unpaired) electrons. The molecule has 0 aliphatic rings. The van der Waals surface area contributed by atoms with E-state index in [1.54, 1.807) is 0 Å². The molecule has 0 aliphatic carbocycles. The summed E-state index contributed by atoms with van der Waals surface area (Å²) in [5.41, 5.74) is -0.486. The molecule has 2 aromatic heterocycles. The lowest BCUT2D eigenvalue weighted by molar-refractivity contribution is -0.385. The van der Waals surface area contributed by atoms with Crippen molar-refractivity contribution < 1.29 is 9.72 Å². The molecule has 0 unspecified atom stereocenters. The largest absolute Gasteiger partial charge is 0.347 e. The van der Waals surface area contributed by atoms with Crippen molar-refractivity contribution in [3.63, 3.8) is 0 Å². The standard InChI is InChI=1S/C11H7BrClN3O3S/c12-7-1-2-20-9(7)5-15-11(17)6-3-10(13)14-4-8(6)16(18)19/h1-4H,5H2,(H,15,17). The molecule has 0 bridgehead atoms. The van der Waals surface area contributed by atoms with Crippen LogP contribution in [-0.2, 0) is 6.54 Å². The van der Waals surface area contributed by atoms with E-state index in [-0.39, 0.29) is 22.9 Å². The van der Waals surface area contributed by atoms with Gasteiger partial charge in [0.05, 0.1) is 11.5 Å². The summed E-state index contributed by atoms with van der Waals surface area (Å²) in [7, 11) is 0. The Balaban J connectivity index is 2.19. The minimum atomic E-state index is -0.667. The van der Waals surface area contributed by atoms with E-state index in [1.807, 2.05) is 11.4 Å². The van der Waals surface area contributed by atoms with Crippen LogP contribution in [-0.4, -0.2) is 15.8 Å². The highest BCUT2D eigenvalue weighted by Crippen LogP contribution is 2.23. The van der Waals surface area contributed by atoms with Crippen molar-refractivity contribution in [2.24, 2.45) is 0 Å². The van der Waals surface area contributed by atoms with E-state index in [2.05, 4.69) is 26.2 Å². The average Bonchev–Trinajstić information content (AvgIpc) is 2.81. The first-order chi connectivity index (χ1) is 9.49. The summed E-state index contributed by atoms with van der Waals surface area (Å²) in [5.74, 6) is -0.568. The van der Waals surface area contributed by atoms with Crippen LogP contribution in [0.2, 0.25) is 5.15 Å². The molecule has 0 aromatic carbocycles. The number of nitro groups is 1. The molecule has 1 amide bonds. The fourth-order valence-corrected chi connectivity index (χ4v) is 3.05. The van der Waals surface area contributed by atoms with Crippen molar-refractivity contribution in [1.82, 2.24) is 10.3 Å². The third-order valence-electron chi connectivity index (χ3n) is 2.39. The van der Waals surface area contributed by atoms with Gasteiger partial charge in [0.1, 0.15) is 16.9 Å². The molecule has 6 nitrogen and oxygen atoms in total. The van der Waals surface area contributed by atoms with Crippen molar-refractivity contribution in [2.45, 2.75) is 6.54 Å². The summed E-state index contributed by atoms with van der Waals surface area (Å²) < 4.78 is 0.880. The number of thiophene rings is 1. The Bertz CT molecular complexity index is 677. The van der Waals surface area contributed by atoms with Gasteiger partial charge in [-0.1, -0.05) is 11.6 Å². The zero-order chi connectivity index (χ0) is 14.7. The van der Waals surface area contributed by atoms with Crippen LogP contribution in [0, 0.1) is 10.1 Å². The molecule has 9 heteroatoms. The van der Waals surface area contributed by atoms with Crippen LogP contribution < -0.4 is 5.32 Å². The highest BCUT2D eigenvalue weighted by atomic mass is 79.9. The van der Waals surface area contributed by atoms with E-state index in [4.69, 9.17) is 11.6 Å². The molecule has 104 valence electrons. The van der Waals surface area contributed by atoms with E-state index in [1.165, 1.54) is 17.4 Å². The lowest BCUT2D eigenvalue weighted by atomic mass is 10.2. The molecular weight excluding hydrogens is 370 g/mol. The number of rotatable bonds is 4. The van der Waals surface area contributed by atoms with Gasteiger partial charge in [0, 0.05) is 9.35 Å². The van der Waals surface area contributed by atoms with Crippen molar-refractivity contribution in [3.05, 3.63) is 53.9 Å². The van der Waals surface area contributed by atoms with E-state index >= 15 is 0 Å². The Kier molecular flexibility index (Phi) is 4.69. The molecule has 0 fully saturated rings. The highest BCUT2D eigenvalue weighted by Gasteiger charge is 2.21. The smallest absolute Gasteiger partial charge is 0.300 e. The summed E-state index contributed by atoms with van der Waals surface area (Å²) in [6, 6.07) is 3.04. The van der Waals surface area contributed by atoms with Gasteiger partial charge in [-0.2, -0.15) is 0 Å². The van der Waals surface area contributed by atoms with Crippen LogP contribution in [0.5, 0.6) is 0 Å². The number of hydrogen-bond donors (Lipinski definition) is 1. The molecule has 0 aliphatic heterocycles. The van der Waals surface area contributed by atoms with Gasteiger partial charge in [0.15, 0.2) is 0 Å². The van der Waals surface area contributed by atoms with Crippen molar-refractivity contribution >= 4 is 50.5 Å². The number of pyridine rings is 1. The van der Waals surface area contributed by atoms with Gasteiger partial charge >= 0.3 is 0 Å². The molecule has 0 atom stereocenters. The molecule has 1 N–H and O–H groups in total. The zero-order valence-corrected chi connectivity index (χ0v) is 13.0. The number of aromatic nitrogens is 1. The Hall–Kier alpha value is -1.51. The summed E-state index contributed by atoms with van der Waals surface area (Å²) in [4.78, 5) is 26.7. The molecule has 2 heterocycles. The summed E-state index contributed by atoms with van der Waals surface area (Å²) >= 11 is 10.5. The van der Waals surface area contributed by atoms with E-state index in [0.29, 0.717) is 0 Å². The SMILES string of the molecule is O=C(NCc1sccc1Br)c1cc(Cl)ncc1[N+](=O)[O-]. The number of carbonyl (C=O) groups is 1. The van der Waals surface area contributed by atoms with Gasteiger partial charge in [0.2, 0.25) is 0 Å². The minimum absolute atomic E-state index is 0.0260. The van der Waals surface area contributed by atoms with Crippen molar-refractivity contribution in [3.8, 4) is 0 Å². The number of nitrogens with zero attached hydrogens (tertiary/aromatic N) is 2. The molecule has 2 rings (SSSR count). The Morgan fingerprint density at radius 2 is 2.35 bits per heavy atom. The second-order valence-electron chi connectivity index (χ2n) is 3.66. The first-order valence-corrected chi connectivity index (χ1v) is 7.34. The van der Waals surface area contributed by atoms with Gasteiger partial charge in [-0.15, -0.1) is 11.3 Å². The Labute approximate surface area is 131 Å².